The normalized spacial score (nSPS) is 50.6. The van der Waals surface area contributed by atoms with Gasteiger partial charge in [-0.1, -0.05) is 30.3 Å². The SMILES string of the molecule is c1ccc(CNC2C3CC4CC5(CC25)C4C3)cc1. The van der Waals surface area contributed by atoms with Gasteiger partial charge in [-0.2, -0.15) is 0 Å². The minimum atomic E-state index is 0.842. The molecular formula is C17H21N. The largest absolute Gasteiger partial charge is 0.309 e. The molecule has 1 heteroatoms. The molecule has 0 aromatic heterocycles. The van der Waals surface area contributed by atoms with Crippen LogP contribution in [-0.2, 0) is 6.54 Å². The van der Waals surface area contributed by atoms with Crippen LogP contribution in [0.5, 0.6) is 0 Å². The van der Waals surface area contributed by atoms with Crippen molar-refractivity contribution in [2.75, 3.05) is 0 Å². The number of rotatable bonds is 3. The first-order chi connectivity index (χ1) is 8.87. The van der Waals surface area contributed by atoms with Crippen LogP contribution in [0.25, 0.3) is 0 Å². The lowest BCUT2D eigenvalue weighted by atomic mass is 9.61. The molecule has 0 amide bonds. The van der Waals surface area contributed by atoms with Gasteiger partial charge in [-0.3, -0.25) is 0 Å². The molecule has 1 N–H and O–H groups in total. The molecule has 6 atom stereocenters. The lowest BCUT2D eigenvalue weighted by Gasteiger charge is -2.45. The average Bonchev–Trinajstić information content (AvgIpc) is 3.07. The van der Waals surface area contributed by atoms with Gasteiger partial charge < -0.3 is 5.32 Å². The molecule has 6 unspecified atom stereocenters. The van der Waals surface area contributed by atoms with Gasteiger partial charge in [0.1, 0.15) is 0 Å². The summed E-state index contributed by atoms with van der Waals surface area (Å²) in [4.78, 5) is 0. The molecule has 5 rings (SSSR count). The zero-order valence-electron chi connectivity index (χ0n) is 10.8. The van der Waals surface area contributed by atoms with Gasteiger partial charge in [0.15, 0.2) is 0 Å². The molecule has 4 aliphatic carbocycles. The third-order valence-corrected chi connectivity index (χ3v) is 6.62. The van der Waals surface area contributed by atoms with Gasteiger partial charge in [0.25, 0.3) is 0 Å². The molecule has 4 aliphatic rings. The lowest BCUT2D eigenvalue weighted by Crippen LogP contribution is -2.44. The summed E-state index contributed by atoms with van der Waals surface area (Å²) < 4.78 is 0. The predicted octanol–water partition coefficient (Wildman–Crippen LogP) is 3.21. The van der Waals surface area contributed by atoms with Crippen molar-refractivity contribution in [1.29, 1.82) is 0 Å². The highest BCUT2D eigenvalue weighted by Crippen LogP contribution is 2.80. The molecule has 18 heavy (non-hydrogen) atoms. The van der Waals surface area contributed by atoms with E-state index in [0.717, 1.165) is 41.7 Å². The summed E-state index contributed by atoms with van der Waals surface area (Å²) in [7, 11) is 0. The maximum absolute atomic E-state index is 3.91. The summed E-state index contributed by atoms with van der Waals surface area (Å²) in [6, 6.07) is 11.7. The molecule has 4 fully saturated rings. The number of benzene rings is 1. The second kappa shape index (κ2) is 3.19. The Labute approximate surface area is 109 Å². The van der Waals surface area contributed by atoms with E-state index < -0.39 is 0 Å². The Morgan fingerprint density at radius 2 is 1.89 bits per heavy atom. The standard InChI is InChI=1S/C17H21N/c1-2-4-11(5-3-1)10-18-16-12-6-13-8-17(9-15(16)17)14(13)7-12/h1-5,12-16,18H,6-10H2. The fourth-order valence-corrected chi connectivity index (χ4v) is 5.84. The number of fused-ring (bicyclic) bond motifs is 1. The van der Waals surface area contributed by atoms with Crippen LogP contribution >= 0.6 is 0 Å². The van der Waals surface area contributed by atoms with Crippen molar-refractivity contribution >= 4 is 0 Å². The van der Waals surface area contributed by atoms with E-state index in [1.165, 1.54) is 12.0 Å². The third kappa shape index (κ3) is 1.12. The van der Waals surface area contributed by atoms with Crippen molar-refractivity contribution < 1.29 is 0 Å². The average molecular weight is 239 g/mol. The molecule has 0 radical (unpaired) electrons. The Kier molecular flexibility index (Phi) is 1.78. The van der Waals surface area contributed by atoms with Gasteiger partial charge in [-0.05, 0) is 60.3 Å². The first kappa shape index (κ1) is 10.0. The molecule has 2 bridgehead atoms. The van der Waals surface area contributed by atoms with Crippen LogP contribution in [-0.4, -0.2) is 6.04 Å². The number of hydrogen-bond acceptors (Lipinski definition) is 1. The van der Waals surface area contributed by atoms with Crippen molar-refractivity contribution in [3.8, 4) is 0 Å². The number of nitrogens with one attached hydrogen (secondary N) is 1. The minimum absolute atomic E-state index is 0.842. The van der Waals surface area contributed by atoms with Gasteiger partial charge in [0.2, 0.25) is 0 Å². The van der Waals surface area contributed by atoms with Crippen LogP contribution < -0.4 is 5.32 Å². The molecule has 4 saturated carbocycles. The quantitative estimate of drug-likeness (QED) is 0.854. The molecule has 1 spiro atoms. The van der Waals surface area contributed by atoms with Crippen molar-refractivity contribution in [3.05, 3.63) is 35.9 Å². The summed E-state index contributed by atoms with van der Waals surface area (Å²) in [6.45, 7) is 1.07. The first-order valence-electron chi connectivity index (χ1n) is 7.64. The van der Waals surface area contributed by atoms with Crippen molar-refractivity contribution in [3.63, 3.8) is 0 Å². The van der Waals surface area contributed by atoms with Gasteiger partial charge in [0.05, 0.1) is 0 Å². The molecule has 1 nitrogen and oxygen atoms in total. The van der Waals surface area contributed by atoms with Gasteiger partial charge >= 0.3 is 0 Å². The zero-order valence-corrected chi connectivity index (χ0v) is 10.8. The Hall–Kier alpha value is -0.820. The van der Waals surface area contributed by atoms with E-state index in [1.807, 2.05) is 0 Å². The van der Waals surface area contributed by atoms with E-state index in [9.17, 15) is 0 Å². The van der Waals surface area contributed by atoms with E-state index in [2.05, 4.69) is 35.6 Å². The Balaban J connectivity index is 1.33. The van der Waals surface area contributed by atoms with Crippen molar-refractivity contribution in [2.45, 2.75) is 38.3 Å². The van der Waals surface area contributed by atoms with E-state index in [-0.39, 0.29) is 0 Å². The highest BCUT2D eigenvalue weighted by atomic mass is 15.0. The van der Waals surface area contributed by atoms with E-state index in [4.69, 9.17) is 0 Å². The van der Waals surface area contributed by atoms with Crippen LogP contribution in [0.15, 0.2) is 30.3 Å². The van der Waals surface area contributed by atoms with Crippen LogP contribution in [0.1, 0.15) is 31.2 Å². The summed E-state index contributed by atoms with van der Waals surface area (Å²) >= 11 is 0. The van der Waals surface area contributed by atoms with Gasteiger partial charge in [-0.25, -0.2) is 0 Å². The van der Waals surface area contributed by atoms with E-state index in [0.29, 0.717) is 0 Å². The predicted molar refractivity (Wildman–Crippen MR) is 71.9 cm³/mol. The Bertz CT molecular complexity index is 480. The topological polar surface area (TPSA) is 12.0 Å². The summed E-state index contributed by atoms with van der Waals surface area (Å²) in [5, 5.41) is 3.91. The van der Waals surface area contributed by atoms with Crippen LogP contribution in [0.3, 0.4) is 0 Å². The first-order valence-corrected chi connectivity index (χ1v) is 7.64. The summed E-state index contributed by atoms with van der Waals surface area (Å²) in [5.74, 6) is 4.33. The fraction of sp³-hybridized carbons (Fsp3) is 0.647. The maximum atomic E-state index is 3.91. The summed E-state index contributed by atoms with van der Waals surface area (Å²) in [5.41, 5.74) is 2.30. The monoisotopic (exact) mass is 239 g/mol. The van der Waals surface area contributed by atoms with Gasteiger partial charge in [-0.15, -0.1) is 0 Å². The van der Waals surface area contributed by atoms with Crippen LogP contribution in [0.2, 0.25) is 0 Å². The zero-order chi connectivity index (χ0) is 11.7. The second-order valence-corrected chi connectivity index (χ2v) is 7.24. The second-order valence-electron chi connectivity index (χ2n) is 7.24. The molecule has 0 heterocycles. The molecule has 94 valence electrons. The molecular weight excluding hydrogens is 218 g/mol. The van der Waals surface area contributed by atoms with E-state index >= 15 is 0 Å². The fourth-order valence-electron chi connectivity index (χ4n) is 5.84. The third-order valence-electron chi connectivity index (χ3n) is 6.62. The Morgan fingerprint density at radius 3 is 2.78 bits per heavy atom. The highest BCUT2D eigenvalue weighted by molar-refractivity contribution is 5.26. The van der Waals surface area contributed by atoms with Crippen LogP contribution in [0, 0.1) is 29.1 Å². The highest BCUT2D eigenvalue weighted by Gasteiger charge is 2.75. The lowest BCUT2D eigenvalue weighted by molar-refractivity contribution is 0.0457. The van der Waals surface area contributed by atoms with Crippen molar-refractivity contribution in [2.24, 2.45) is 29.1 Å². The molecule has 0 saturated heterocycles. The Morgan fingerprint density at radius 1 is 1.00 bits per heavy atom. The maximum Gasteiger partial charge on any atom is 0.0208 e. The van der Waals surface area contributed by atoms with Crippen molar-refractivity contribution in [1.82, 2.24) is 5.32 Å². The molecule has 0 aliphatic heterocycles. The molecule has 1 aromatic carbocycles. The van der Waals surface area contributed by atoms with E-state index in [1.54, 1.807) is 19.3 Å². The van der Waals surface area contributed by atoms with Crippen LogP contribution in [0.4, 0.5) is 0 Å². The van der Waals surface area contributed by atoms with Gasteiger partial charge in [0, 0.05) is 12.6 Å². The molecule has 1 aromatic rings. The minimum Gasteiger partial charge on any atom is -0.309 e. The number of hydrogen-bond donors (Lipinski definition) is 1. The smallest absolute Gasteiger partial charge is 0.0208 e. The summed E-state index contributed by atoms with van der Waals surface area (Å²) in [6.07, 6.45) is 6.22.